The normalized spacial score (nSPS) is 14.8. The molecule has 1 aliphatic rings. The quantitative estimate of drug-likeness (QED) is 0.182. The number of hydrogen-bond donors (Lipinski definition) is 0. The van der Waals surface area contributed by atoms with Gasteiger partial charge in [0.1, 0.15) is 6.61 Å². The predicted molar refractivity (Wildman–Crippen MR) is 161 cm³/mol. The van der Waals surface area contributed by atoms with Crippen LogP contribution >= 0.6 is 33.9 Å². The fourth-order valence-electron chi connectivity index (χ4n) is 4.39. The van der Waals surface area contributed by atoms with Gasteiger partial charge in [0.05, 0.1) is 53.4 Å². The first-order valence-corrected chi connectivity index (χ1v) is 14.2. The van der Waals surface area contributed by atoms with Gasteiger partial charge in [0.15, 0.2) is 27.8 Å². The monoisotopic (exact) mass is 676 g/mol. The Hall–Kier alpha value is -3.58. The summed E-state index contributed by atoms with van der Waals surface area (Å²) >= 11 is 3.41. The summed E-state index contributed by atoms with van der Waals surface area (Å²) in [6, 6.07) is 8.23. The van der Waals surface area contributed by atoms with E-state index < -0.39 is 12.0 Å². The van der Waals surface area contributed by atoms with Crippen LogP contribution in [0.25, 0.3) is 6.08 Å². The molecule has 1 atom stereocenters. The van der Waals surface area contributed by atoms with Gasteiger partial charge in [0.2, 0.25) is 0 Å². The molecule has 0 saturated heterocycles. The standard InChI is InChI=1S/C29H29IN2O7S/c1-7-11-39-26-19(30)12-17(13-22(26)37-6)14-23-27(33)32-25(18-9-10-20(35-4)21(15-18)36-5)24(28(34)38-8-2)16(3)31-29(32)40-23/h7,9-10,12-15,25H,1,8,11H2,2-6H3/b23-14-/t25-/m0/s1. The zero-order chi connectivity index (χ0) is 29.0. The van der Waals surface area contributed by atoms with E-state index in [1.807, 2.05) is 6.07 Å². The van der Waals surface area contributed by atoms with Gasteiger partial charge in [-0.05, 0) is 77.9 Å². The third-order valence-electron chi connectivity index (χ3n) is 6.14. The number of methoxy groups -OCH3 is 3. The van der Waals surface area contributed by atoms with Crippen molar-refractivity contribution in [2.24, 2.45) is 4.99 Å². The van der Waals surface area contributed by atoms with E-state index in [4.69, 9.17) is 23.7 Å². The number of halogens is 1. The summed E-state index contributed by atoms with van der Waals surface area (Å²) in [5.41, 5.74) is 1.88. The number of carbonyl (C=O) groups is 1. The molecule has 0 unspecified atom stereocenters. The number of hydrogen-bond acceptors (Lipinski definition) is 9. The molecule has 0 bridgehead atoms. The molecule has 40 heavy (non-hydrogen) atoms. The maximum absolute atomic E-state index is 13.9. The Kier molecular flexibility index (Phi) is 9.36. The first kappa shape index (κ1) is 29.4. The van der Waals surface area contributed by atoms with Crippen molar-refractivity contribution >= 4 is 46.0 Å². The molecule has 3 aromatic rings. The molecular weight excluding hydrogens is 647 g/mol. The summed E-state index contributed by atoms with van der Waals surface area (Å²) < 4.78 is 30.4. The number of rotatable bonds is 10. The Labute approximate surface area is 249 Å². The lowest BCUT2D eigenvalue weighted by molar-refractivity contribution is -0.139. The summed E-state index contributed by atoms with van der Waals surface area (Å²) in [6.45, 7) is 7.69. The largest absolute Gasteiger partial charge is 0.493 e. The number of fused-ring (bicyclic) bond motifs is 1. The average Bonchev–Trinajstić information content (AvgIpc) is 3.24. The van der Waals surface area contributed by atoms with Crippen molar-refractivity contribution in [3.8, 4) is 23.0 Å². The number of aromatic nitrogens is 1. The Morgan fingerprint density at radius 2 is 1.85 bits per heavy atom. The Bertz CT molecular complexity index is 1670. The predicted octanol–water partition coefficient (Wildman–Crippen LogP) is 3.99. The molecule has 0 N–H and O–H groups in total. The molecule has 210 valence electrons. The number of benzene rings is 2. The second-order valence-corrected chi connectivity index (χ2v) is 10.7. The maximum Gasteiger partial charge on any atom is 0.338 e. The summed E-state index contributed by atoms with van der Waals surface area (Å²) in [5, 5.41) is 0. The minimum absolute atomic E-state index is 0.186. The van der Waals surface area contributed by atoms with Gasteiger partial charge in [-0.1, -0.05) is 30.1 Å². The van der Waals surface area contributed by atoms with Gasteiger partial charge < -0.3 is 23.7 Å². The van der Waals surface area contributed by atoms with E-state index in [1.165, 1.54) is 23.0 Å². The molecule has 11 heteroatoms. The van der Waals surface area contributed by atoms with Crippen molar-refractivity contribution in [3.05, 3.63) is 88.6 Å². The fourth-order valence-corrected chi connectivity index (χ4v) is 6.21. The van der Waals surface area contributed by atoms with Gasteiger partial charge in [0.25, 0.3) is 5.56 Å². The van der Waals surface area contributed by atoms with Crippen LogP contribution in [0.4, 0.5) is 0 Å². The van der Waals surface area contributed by atoms with Gasteiger partial charge in [-0.25, -0.2) is 9.79 Å². The Balaban J connectivity index is 1.93. The molecule has 0 aliphatic carbocycles. The van der Waals surface area contributed by atoms with E-state index in [-0.39, 0.29) is 17.7 Å². The van der Waals surface area contributed by atoms with Crippen LogP contribution in [0.15, 0.2) is 64.0 Å². The van der Waals surface area contributed by atoms with Crippen molar-refractivity contribution in [2.75, 3.05) is 34.5 Å². The molecule has 0 fully saturated rings. The molecule has 1 aromatic heterocycles. The molecule has 1 aliphatic heterocycles. The first-order chi connectivity index (χ1) is 19.3. The van der Waals surface area contributed by atoms with Crippen LogP contribution in [0.2, 0.25) is 0 Å². The van der Waals surface area contributed by atoms with E-state index in [0.29, 0.717) is 50.2 Å². The van der Waals surface area contributed by atoms with Crippen molar-refractivity contribution in [3.63, 3.8) is 0 Å². The van der Waals surface area contributed by atoms with Gasteiger partial charge in [-0.15, -0.1) is 0 Å². The van der Waals surface area contributed by atoms with Crippen LogP contribution < -0.4 is 33.8 Å². The van der Waals surface area contributed by atoms with Crippen molar-refractivity contribution < 1.29 is 28.5 Å². The summed E-state index contributed by atoms with van der Waals surface area (Å²) in [6.07, 6.45) is 3.44. The summed E-state index contributed by atoms with van der Waals surface area (Å²) in [7, 11) is 4.64. The van der Waals surface area contributed by atoms with E-state index in [9.17, 15) is 9.59 Å². The molecule has 4 rings (SSSR count). The highest BCUT2D eigenvalue weighted by atomic mass is 127. The van der Waals surface area contributed by atoms with Crippen LogP contribution in [0.5, 0.6) is 23.0 Å². The third-order valence-corrected chi connectivity index (χ3v) is 7.92. The number of esters is 1. The lowest BCUT2D eigenvalue weighted by Crippen LogP contribution is -2.40. The van der Waals surface area contributed by atoms with E-state index in [0.717, 1.165) is 9.13 Å². The molecule has 0 spiro atoms. The lowest BCUT2D eigenvalue weighted by Gasteiger charge is -2.25. The van der Waals surface area contributed by atoms with Gasteiger partial charge >= 0.3 is 5.97 Å². The molecule has 9 nitrogen and oxygen atoms in total. The molecule has 0 amide bonds. The SMILES string of the molecule is C=CCOc1c(I)cc(/C=c2\sc3n(c2=O)[C@@H](c2ccc(OC)c(OC)c2)C(C(=O)OCC)=C(C)N=3)cc1OC. The zero-order valence-electron chi connectivity index (χ0n) is 22.8. The van der Waals surface area contributed by atoms with Gasteiger partial charge in [-0.3, -0.25) is 9.36 Å². The number of allylic oxidation sites excluding steroid dienone is 1. The minimum atomic E-state index is -0.776. The van der Waals surface area contributed by atoms with Crippen molar-refractivity contribution in [2.45, 2.75) is 19.9 Å². The van der Waals surface area contributed by atoms with E-state index in [2.05, 4.69) is 34.2 Å². The first-order valence-electron chi connectivity index (χ1n) is 12.3. The molecular formula is C29H29IN2O7S. The van der Waals surface area contributed by atoms with Crippen LogP contribution in [-0.2, 0) is 9.53 Å². The average molecular weight is 677 g/mol. The number of carbonyl (C=O) groups excluding carboxylic acids is 1. The van der Waals surface area contributed by atoms with Crippen molar-refractivity contribution in [1.29, 1.82) is 0 Å². The van der Waals surface area contributed by atoms with E-state index >= 15 is 0 Å². The lowest BCUT2D eigenvalue weighted by atomic mass is 9.95. The van der Waals surface area contributed by atoms with Crippen molar-refractivity contribution in [1.82, 2.24) is 4.57 Å². The topological polar surface area (TPSA) is 97.6 Å². The number of nitrogens with zero attached hydrogens (tertiary/aromatic N) is 2. The number of ether oxygens (including phenoxy) is 5. The second kappa shape index (κ2) is 12.7. The molecule has 0 saturated carbocycles. The number of thiazole rings is 1. The second-order valence-electron chi connectivity index (χ2n) is 8.55. The summed E-state index contributed by atoms with van der Waals surface area (Å²) in [5.74, 6) is 1.61. The van der Waals surface area contributed by atoms with Gasteiger partial charge in [-0.2, -0.15) is 0 Å². The van der Waals surface area contributed by atoms with Crippen LogP contribution in [0.3, 0.4) is 0 Å². The van der Waals surface area contributed by atoms with Crippen LogP contribution in [0.1, 0.15) is 31.0 Å². The highest BCUT2D eigenvalue weighted by molar-refractivity contribution is 14.1. The minimum Gasteiger partial charge on any atom is -0.493 e. The molecule has 2 aromatic carbocycles. The van der Waals surface area contributed by atoms with Crippen LogP contribution in [-0.4, -0.2) is 45.1 Å². The maximum atomic E-state index is 13.9. The zero-order valence-corrected chi connectivity index (χ0v) is 25.8. The Morgan fingerprint density at radius 3 is 2.50 bits per heavy atom. The van der Waals surface area contributed by atoms with E-state index in [1.54, 1.807) is 64.5 Å². The highest BCUT2D eigenvalue weighted by Crippen LogP contribution is 2.36. The summed E-state index contributed by atoms with van der Waals surface area (Å²) in [4.78, 5) is 32.2. The third kappa shape index (κ3) is 5.66. The molecule has 0 radical (unpaired) electrons. The molecule has 2 heterocycles. The smallest absolute Gasteiger partial charge is 0.338 e. The highest BCUT2D eigenvalue weighted by Gasteiger charge is 2.34. The Morgan fingerprint density at radius 1 is 1.12 bits per heavy atom. The van der Waals surface area contributed by atoms with Gasteiger partial charge in [0, 0.05) is 0 Å². The fraction of sp³-hybridized carbons (Fsp3) is 0.276. The van der Waals surface area contributed by atoms with Crippen LogP contribution in [0, 0.1) is 3.57 Å².